The van der Waals surface area contributed by atoms with Crippen molar-refractivity contribution in [1.29, 1.82) is 0 Å². The van der Waals surface area contributed by atoms with Crippen LogP contribution >= 0.6 is 11.3 Å². The predicted octanol–water partition coefficient (Wildman–Crippen LogP) is 4.34. The summed E-state index contributed by atoms with van der Waals surface area (Å²) in [7, 11) is 0. The summed E-state index contributed by atoms with van der Waals surface area (Å²) >= 11 is 1.52. The molecular weight excluding hydrogens is 287 g/mol. The molecule has 0 spiro atoms. The summed E-state index contributed by atoms with van der Waals surface area (Å²) in [5, 5.41) is 6.13. The van der Waals surface area contributed by atoms with Crippen molar-refractivity contribution < 1.29 is 18.0 Å². The molecule has 0 saturated carbocycles. The standard InChI is InChI=1S/C14H12F3NOS/c15-14(16,17)11-3-1-2-4-12(11)18-13(19)6-5-10-7-8-20-9-10/h1-4,7-9H,5-6H2,(H,18,19). The Balaban J connectivity index is 2.01. The average molecular weight is 299 g/mol. The van der Waals surface area contributed by atoms with Gasteiger partial charge in [-0.1, -0.05) is 12.1 Å². The van der Waals surface area contributed by atoms with Gasteiger partial charge in [-0.25, -0.2) is 0 Å². The van der Waals surface area contributed by atoms with E-state index in [-0.39, 0.29) is 12.1 Å². The number of benzene rings is 1. The Morgan fingerprint density at radius 3 is 2.60 bits per heavy atom. The zero-order chi connectivity index (χ0) is 14.6. The number of anilines is 1. The van der Waals surface area contributed by atoms with Gasteiger partial charge in [0.05, 0.1) is 11.3 Å². The number of para-hydroxylation sites is 1. The first-order valence-corrected chi connectivity index (χ1v) is 6.88. The van der Waals surface area contributed by atoms with Gasteiger partial charge in [0.25, 0.3) is 0 Å². The number of carbonyl (C=O) groups is 1. The molecule has 0 bridgehead atoms. The van der Waals surface area contributed by atoms with Gasteiger partial charge in [-0.05, 0) is 40.9 Å². The molecule has 0 radical (unpaired) electrons. The molecule has 2 nitrogen and oxygen atoms in total. The minimum absolute atomic E-state index is 0.156. The fraction of sp³-hybridized carbons (Fsp3) is 0.214. The van der Waals surface area contributed by atoms with Crippen LogP contribution in [0.4, 0.5) is 18.9 Å². The van der Waals surface area contributed by atoms with Crippen LogP contribution in [0.5, 0.6) is 0 Å². The summed E-state index contributed by atoms with van der Waals surface area (Å²) in [6.07, 6.45) is -3.80. The van der Waals surface area contributed by atoms with E-state index in [1.165, 1.54) is 29.5 Å². The number of hydrogen-bond acceptors (Lipinski definition) is 2. The van der Waals surface area contributed by atoms with Gasteiger partial charge in [0.2, 0.25) is 5.91 Å². The lowest BCUT2D eigenvalue weighted by Crippen LogP contribution is -2.16. The lowest BCUT2D eigenvalue weighted by molar-refractivity contribution is -0.137. The maximum absolute atomic E-state index is 12.8. The van der Waals surface area contributed by atoms with Crippen LogP contribution in [0.2, 0.25) is 0 Å². The van der Waals surface area contributed by atoms with E-state index >= 15 is 0 Å². The second kappa shape index (κ2) is 6.09. The SMILES string of the molecule is O=C(CCc1ccsc1)Nc1ccccc1C(F)(F)F. The maximum atomic E-state index is 12.8. The van der Waals surface area contributed by atoms with E-state index in [0.717, 1.165) is 11.6 Å². The van der Waals surface area contributed by atoms with Gasteiger partial charge in [0, 0.05) is 6.42 Å². The summed E-state index contributed by atoms with van der Waals surface area (Å²) < 4.78 is 38.3. The third-order valence-corrected chi connectivity index (χ3v) is 3.46. The Hall–Kier alpha value is -1.82. The molecule has 0 aliphatic heterocycles. The Bertz CT molecular complexity index is 578. The molecule has 1 amide bonds. The summed E-state index contributed by atoms with van der Waals surface area (Å²) in [6.45, 7) is 0. The number of hydrogen-bond donors (Lipinski definition) is 1. The van der Waals surface area contributed by atoms with E-state index in [0.29, 0.717) is 6.42 Å². The smallest absolute Gasteiger partial charge is 0.325 e. The zero-order valence-electron chi connectivity index (χ0n) is 10.4. The number of aryl methyl sites for hydroxylation is 1. The van der Waals surface area contributed by atoms with E-state index in [9.17, 15) is 18.0 Å². The Kier molecular flexibility index (Phi) is 4.44. The van der Waals surface area contributed by atoms with Crippen molar-refractivity contribution in [2.24, 2.45) is 0 Å². The monoisotopic (exact) mass is 299 g/mol. The summed E-state index contributed by atoms with van der Waals surface area (Å²) in [6, 6.07) is 6.86. The normalized spacial score (nSPS) is 11.3. The predicted molar refractivity (Wildman–Crippen MR) is 72.7 cm³/mol. The Morgan fingerprint density at radius 2 is 1.95 bits per heavy atom. The first-order chi connectivity index (χ1) is 9.47. The van der Waals surface area contributed by atoms with Crippen molar-refractivity contribution in [3.63, 3.8) is 0 Å². The van der Waals surface area contributed by atoms with Crippen molar-refractivity contribution in [3.05, 3.63) is 52.2 Å². The third-order valence-electron chi connectivity index (χ3n) is 2.73. The molecule has 1 aromatic heterocycles. The van der Waals surface area contributed by atoms with Crippen molar-refractivity contribution in [2.45, 2.75) is 19.0 Å². The molecule has 2 rings (SSSR count). The highest BCUT2D eigenvalue weighted by molar-refractivity contribution is 7.07. The third kappa shape index (κ3) is 3.84. The molecule has 0 saturated heterocycles. The second-order valence-corrected chi connectivity index (χ2v) is 5.00. The second-order valence-electron chi connectivity index (χ2n) is 4.22. The van der Waals surface area contributed by atoms with E-state index in [2.05, 4.69) is 5.32 Å². The van der Waals surface area contributed by atoms with Crippen molar-refractivity contribution >= 4 is 22.9 Å². The number of thiophene rings is 1. The topological polar surface area (TPSA) is 29.1 Å². The number of carbonyl (C=O) groups excluding carboxylic acids is 1. The average Bonchev–Trinajstić information content (AvgIpc) is 2.89. The maximum Gasteiger partial charge on any atom is 0.418 e. The van der Waals surface area contributed by atoms with Crippen LogP contribution in [0.3, 0.4) is 0 Å². The number of halogens is 3. The Morgan fingerprint density at radius 1 is 1.20 bits per heavy atom. The highest BCUT2D eigenvalue weighted by Gasteiger charge is 2.33. The molecule has 0 unspecified atom stereocenters. The number of amides is 1. The van der Waals surface area contributed by atoms with Crippen LogP contribution < -0.4 is 5.32 Å². The first kappa shape index (κ1) is 14.6. The number of rotatable bonds is 4. The van der Waals surface area contributed by atoms with Crippen LogP contribution in [-0.4, -0.2) is 5.91 Å². The summed E-state index contributed by atoms with van der Waals surface area (Å²) in [5.41, 5.74) is -0.0199. The van der Waals surface area contributed by atoms with E-state index < -0.39 is 17.6 Å². The quantitative estimate of drug-likeness (QED) is 0.894. The van der Waals surface area contributed by atoms with Crippen LogP contribution in [-0.2, 0) is 17.4 Å². The minimum Gasteiger partial charge on any atom is -0.325 e. The molecule has 0 fully saturated rings. The van der Waals surface area contributed by atoms with Crippen LogP contribution in [0.25, 0.3) is 0 Å². The molecule has 20 heavy (non-hydrogen) atoms. The van der Waals surface area contributed by atoms with E-state index in [1.54, 1.807) is 0 Å². The fourth-order valence-electron chi connectivity index (χ4n) is 1.74. The molecule has 1 heterocycles. The molecule has 6 heteroatoms. The van der Waals surface area contributed by atoms with Crippen LogP contribution in [0.15, 0.2) is 41.1 Å². The van der Waals surface area contributed by atoms with Gasteiger partial charge >= 0.3 is 6.18 Å². The first-order valence-electron chi connectivity index (χ1n) is 5.94. The highest BCUT2D eigenvalue weighted by Crippen LogP contribution is 2.34. The fourth-order valence-corrected chi connectivity index (χ4v) is 2.45. The van der Waals surface area contributed by atoms with Crippen molar-refractivity contribution in [2.75, 3.05) is 5.32 Å². The number of alkyl halides is 3. The number of nitrogens with one attached hydrogen (secondary N) is 1. The zero-order valence-corrected chi connectivity index (χ0v) is 11.2. The molecule has 0 aliphatic rings. The van der Waals surface area contributed by atoms with Crippen LogP contribution in [0.1, 0.15) is 17.5 Å². The Labute approximate surface area is 118 Å². The summed E-state index contributed by atoms with van der Waals surface area (Å²) in [4.78, 5) is 11.7. The molecule has 0 aliphatic carbocycles. The molecule has 1 aromatic carbocycles. The van der Waals surface area contributed by atoms with E-state index in [1.807, 2.05) is 16.8 Å². The molecule has 1 N–H and O–H groups in total. The van der Waals surface area contributed by atoms with Gasteiger partial charge in [-0.15, -0.1) is 0 Å². The largest absolute Gasteiger partial charge is 0.418 e. The van der Waals surface area contributed by atoms with Gasteiger partial charge in [-0.2, -0.15) is 24.5 Å². The van der Waals surface area contributed by atoms with Gasteiger partial charge in [-0.3, -0.25) is 4.79 Å². The summed E-state index contributed by atoms with van der Waals surface area (Å²) in [5.74, 6) is -0.423. The van der Waals surface area contributed by atoms with Gasteiger partial charge < -0.3 is 5.32 Å². The van der Waals surface area contributed by atoms with Crippen molar-refractivity contribution in [3.8, 4) is 0 Å². The van der Waals surface area contributed by atoms with Gasteiger partial charge in [0.15, 0.2) is 0 Å². The van der Waals surface area contributed by atoms with Crippen LogP contribution in [0, 0.1) is 0 Å². The van der Waals surface area contributed by atoms with Gasteiger partial charge in [0.1, 0.15) is 0 Å². The van der Waals surface area contributed by atoms with Crippen molar-refractivity contribution in [1.82, 2.24) is 0 Å². The molecule has 106 valence electrons. The lowest BCUT2D eigenvalue weighted by atomic mass is 10.1. The molecule has 0 atom stereocenters. The highest BCUT2D eigenvalue weighted by atomic mass is 32.1. The van der Waals surface area contributed by atoms with E-state index in [4.69, 9.17) is 0 Å². The molecule has 2 aromatic rings. The minimum atomic E-state index is -4.47. The lowest BCUT2D eigenvalue weighted by Gasteiger charge is -2.13. The molecular formula is C14H12F3NOS.